The number of fused-ring (bicyclic) bond motifs is 1. The number of hydrogen-bond donors (Lipinski definition) is 3. The van der Waals surface area contributed by atoms with Crippen LogP contribution < -0.4 is 9.46 Å². The number of carbonyl (C=O) groups is 1. The van der Waals surface area contributed by atoms with Gasteiger partial charge in [-0.05, 0) is 78.6 Å². The Balaban J connectivity index is 1.70. The number of aliphatic carboxylic acids is 1. The molecule has 3 N–H and O–H groups in total. The van der Waals surface area contributed by atoms with Crippen molar-refractivity contribution < 1.29 is 27.4 Å². The second kappa shape index (κ2) is 9.56. The number of hydrogen-bond acceptors (Lipinski definition) is 4. The molecule has 1 heterocycles. The number of anilines is 1. The molecular formula is C25H23FN2O5S. The second-order valence-corrected chi connectivity index (χ2v) is 9.50. The number of benzene rings is 3. The number of ether oxygens (including phenoxy) is 1. The van der Waals surface area contributed by atoms with Crippen molar-refractivity contribution in [2.45, 2.75) is 24.2 Å². The summed E-state index contributed by atoms with van der Waals surface area (Å²) >= 11 is 0. The highest BCUT2D eigenvalue weighted by molar-refractivity contribution is 7.92. The largest absolute Gasteiger partial charge is 0.497 e. The van der Waals surface area contributed by atoms with Gasteiger partial charge in [0, 0.05) is 22.3 Å². The Bertz CT molecular complexity index is 1430. The van der Waals surface area contributed by atoms with Crippen LogP contribution in [0.1, 0.15) is 23.2 Å². The van der Waals surface area contributed by atoms with Crippen LogP contribution in [0.2, 0.25) is 0 Å². The van der Waals surface area contributed by atoms with E-state index in [1.165, 1.54) is 31.4 Å². The summed E-state index contributed by atoms with van der Waals surface area (Å²) in [5.41, 5.74) is 3.56. The zero-order chi connectivity index (χ0) is 24.3. The molecule has 7 nitrogen and oxygen atoms in total. The average Bonchev–Trinajstić information content (AvgIpc) is 3.15. The predicted molar refractivity (Wildman–Crippen MR) is 127 cm³/mol. The number of methoxy groups -OCH3 is 1. The third-order valence-electron chi connectivity index (χ3n) is 5.50. The molecule has 0 fully saturated rings. The fourth-order valence-corrected chi connectivity index (χ4v) is 4.84. The van der Waals surface area contributed by atoms with Crippen molar-refractivity contribution in [1.29, 1.82) is 0 Å². The molecule has 0 spiro atoms. The van der Waals surface area contributed by atoms with Gasteiger partial charge in [-0.15, -0.1) is 0 Å². The lowest BCUT2D eigenvalue weighted by atomic mass is 9.99. The molecule has 34 heavy (non-hydrogen) atoms. The van der Waals surface area contributed by atoms with E-state index in [1.54, 1.807) is 42.5 Å². The van der Waals surface area contributed by atoms with Crippen LogP contribution in [0.5, 0.6) is 5.75 Å². The van der Waals surface area contributed by atoms with Crippen LogP contribution in [0.25, 0.3) is 10.9 Å². The number of nitrogens with one attached hydrogen (secondary N) is 2. The van der Waals surface area contributed by atoms with Crippen LogP contribution in [0, 0.1) is 5.82 Å². The van der Waals surface area contributed by atoms with Gasteiger partial charge in [-0.3, -0.25) is 9.52 Å². The lowest BCUT2D eigenvalue weighted by molar-refractivity contribution is -0.136. The summed E-state index contributed by atoms with van der Waals surface area (Å²) in [6.45, 7) is 0. The average molecular weight is 483 g/mol. The van der Waals surface area contributed by atoms with Crippen molar-refractivity contribution in [3.05, 3.63) is 89.4 Å². The minimum atomic E-state index is -3.83. The summed E-state index contributed by atoms with van der Waals surface area (Å²) in [7, 11) is -2.33. The molecular weight excluding hydrogens is 459 g/mol. The van der Waals surface area contributed by atoms with Crippen LogP contribution in [0.3, 0.4) is 0 Å². The standard InChI is InChI=1S/C25H23FN2O5S/c1-33-19-7-9-20(10-8-19)34(31,32)28-18-6-11-23-22(15-18)21(24(27-23)12-13-25(29)30)14-16-2-4-17(26)5-3-16/h2-11,15,27-28H,12-14H2,1H3,(H,29,30). The van der Waals surface area contributed by atoms with Gasteiger partial charge in [-0.1, -0.05) is 12.1 Å². The lowest BCUT2D eigenvalue weighted by Crippen LogP contribution is -2.12. The summed E-state index contributed by atoms with van der Waals surface area (Å²) in [4.78, 5) is 14.5. The van der Waals surface area contributed by atoms with Crippen LogP contribution in [0.15, 0.2) is 71.6 Å². The highest BCUT2D eigenvalue weighted by atomic mass is 32.2. The maximum atomic E-state index is 13.4. The van der Waals surface area contributed by atoms with Crippen molar-refractivity contribution >= 4 is 32.6 Å². The molecule has 0 radical (unpaired) electrons. The molecule has 4 aromatic rings. The first kappa shape index (κ1) is 23.3. The Labute approximate surface area is 196 Å². The van der Waals surface area contributed by atoms with Gasteiger partial charge in [-0.25, -0.2) is 12.8 Å². The number of aromatic amines is 1. The molecule has 0 saturated heterocycles. The minimum Gasteiger partial charge on any atom is -0.497 e. The van der Waals surface area contributed by atoms with Crippen LogP contribution in [0.4, 0.5) is 10.1 Å². The molecule has 0 saturated carbocycles. The maximum Gasteiger partial charge on any atom is 0.303 e. The van der Waals surface area contributed by atoms with Crippen molar-refractivity contribution in [3.63, 3.8) is 0 Å². The normalized spacial score (nSPS) is 11.5. The summed E-state index contributed by atoms with van der Waals surface area (Å²) in [6.07, 6.45) is 0.664. The van der Waals surface area contributed by atoms with Crippen molar-refractivity contribution in [2.75, 3.05) is 11.8 Å². The third-order valence-corrected chi connectivity index (χ3v) is 6.90. The molecule has 0 aliphatic heterocycles. The van der Waals surface area contributed by atoms with E-state index in [4.69, 9.17) is 9.84 Å². The van der Waals surface area contributed by atoms with E-state index in [9.17, 15) is 17.6 Å². The molecule has 3 aromatic carbocycles. The van der Waals surface area contributed by atoms with E-state index >= 15 is 0 Å². The number of carboxylic acid groups (broad SMARTS) is 1. The fraction of sp³-hybridized carbons (Fsp3) is 0.160. The van der Waals surface area contributed by atoms with Crippen LogP contribution in [-0.2, 0) is 27.7 Å². The zero-order valence-corrected chi connectivity index (χ0v) is 19.2. The molecule has 176 valence electrons. The smallest absolute Gasteiger partial charge is 0.303 e. The summed E-state index contributed by atoms with van der Waals surface area (Å²) in [5.74, 6) is -0.713. The van der Waals surface area contributed by atoms with Crippen molar-refractivity contribution in [1.82, 2.24) is 4.98 Å². The van der Waals surface area contributed by atoms with E-state index in [0.29, 0.717) is 17.9 Å². The van der Waals surface area contributed by atoms with Gasteiger partial charge in [0.25, 0.3) is 10.0 Å². The molecule has 0 atom stereocenters. The van der Waals surface area contributed by atoms with E-state index < -0.39 is 16.0 Å². The quantitative estimate of drug-likeness (QED) is 0.320. The van der Waals surface area contributed by atoms with Gasteiger partial charge >= 0.3 is 5.97 Å². The first-order chi connectivity index (χ1) is 16.2. The third kappa shape index (κ3) is 5.20. The number of rotatable bonds is 9. The summed E-state index contributed by atoms with van der Waals surface area (Å²) < 4.78 is 46.8. The summed E-state index contributed by atoms with van der Waals surface area (Å²) in [5, 5.41) is 9.90. The first-order valence-electron chi connectivity index (χ1n) is 10.5. The lowest BCUT2D eigenvalue weighted by Gasteiger charge is -2.10. The highest BCUT2D eigenvalue weighted by Crippen LogP contribution is 2.30. The zero-order valence-electron chi connectivity index (χ0n) is 18.3. The van der Waals surface area contributed by atoms with Crippen LogP contribution >= 0.6 is 0 Å². The highest BCUT2D eigenvalue weighted by Gasteiger charge is 2.17. The molecule has 1 aromatic heterocycles. The monoisotopic (exact) mass is 482 g/mol. The molecule has 0 aliphatic carbocycles. The summed E-state index contributed by atoms with van der Waals surface area (Å²) in [6, 6.07) is 17.2. The van der Waals surface area contributed by atoms with Crippen molar-refractivity contribution in [2.24, 2.45) is 0 Å². The van der Waals surface area contributed by atoms with Gasteiger partial charge in [0.05, 0.1) is 18.4 Å². The van der Waals surface area contributed by atoms with E-state index in [-0.39, 0.29) is 23.6 Å². The molecule has 0 unspecified atom stereocenters. The van der Waals surface area contributed by atoms with Crippen molar-refractivity contribution in [3.8, 4) is 5.75 Å². The predicted octanol–water partition coefficient (Wildman–Crippen LogP) is 4.72. The van der Waals surface area contributed by atoms with Gasteiger partial charge in [0.2, 0.25) is 0 Å². The molecule has 0 amide bonds. The molecule has 0 bridgehead atoms. The Morgan fingerprint density at radius 1 is 1.06 bits per heavy atom. The second-order valence-electron chi connectivity index (χ2n) is 7.82. The first-order valence-corrected chi connectivity index (χ1v) is 12.0. The van der Waals surface area contributed by atoms with E-state index in [1.807, 2.05) is 0 Å². The Hall–Kier alpha value is -3.85. The molecule has 0 aliphatic rings. The van der Waals surface area contributed by atoms with Gasteiger partial charge in [-0.2, -0.15) is 0 Å². The topological polar surface area (TPSA) is 108 Å². The fourth-order valence-electron chi connectivity index (χ4n) is 3.79. The van der Waals surface area contributed by atoms with Gasteiger partial charge in [0.15, 0.2) is 0 Å². The maximum absolute atomic E-state index is 13.4. The van der Waals surface area contributed by atoms with Crippen LogP contribution in [-0.4, -0.2) is 31.6 Å². The number of carboxylic acids is 1. The molecule has 9 heteroatoms. The molecule has 4 rings (SSSR count). The van der Waals surface area contributed by atoms with Gasteiger partial charge in [0.1, 0.15) is 11.6 Å². The SMILES string of the molecule is COc1ccc(S(=O)(=O)Nc2ccc3[nH]c(CCC(=O)O)c(Cc4ccc(F)cc4)c3c2)cc1. The number of aryl methyl sites for hydroxylation is 1. The Morgan fingerprint density at radius 3 is 2.41 bits per heavy atom. The number of halogens is 1. The Kier molecular flexibility index (Phi) is 6.56. The number of aromatic nitrogens is 1. The minimum absolute atomic E-state index is 0.0554. The number of H-pyrrole nitrogens is 1. The Morgan fingerprint density at radius 2 is 1.76 bits per heavy atom. The van der Waals surface area contributed by atoms with Gasteiger partial charge < -0.3 is 14.8 Å². The number of sulfonamides is 1. The van der Waals surface area contributed by atoms with E-state index in [0.717, 1.165) is 27.7 Å². The van der Waals surface area contributed by atoms with E-state index in [2.05, 4.69) is 9.71 Å².